The van der Waals surface area contributed by atoms with Crippen molar-refractivity contribution in [2.45, 2.75) is 32.1 Å². The molecule has 0 amide bonds. The van der Waals surface area contributed by atoms with Gasteiger partial charge in [-0.05, 0) is 43.9 Å². The third-order valence-corrected chi connectivity index (χ3v) is 4.96. The summed E-state index contributed by atoms with van der Waals surface area (Å²) >= 11 is 0. The molecule has 1 N–H and O–H groups in total. The van der Waals surface area contributed by atoms with Gasteiger partial charge < -0.3 is 0 Å². The Balaban J connectivity index is 2.12. The van der Waals surface area contributed by atoms with Crippen LogP contribution in [0.5, 0.6) is 0 Å². The fourth-order valence-corrected chi connectivity index (χ4v) is 3.93. The number of benzene rings is 1. The van der Waals surface area contributed by atoms with Gasteiger partial charge >= 0.3 is 0 Å². The Bertz CT molecular complexity index is 705. The maximum Gasteiger partial charge on any atom is 0.241 e. The first kappa shape index (κ1) is 15.6. The van der Waals surface area contributed by atoms with E-state index < -0.39 is 10.0 Å². The van der Waals surface area contributed by atoms with Gasteiger partial charge in [-0.15, -0.1) is 0 Å². The number of nitrogens with zero attached hydrogens (tertiary/aromatic N) is 2. The summed E-state index contributed by atoms with van der Waals surface area (Å²) < 4.78 is 27.5. The molecule has 0 aliphatic rings. The average Bonchev–Trinajstić information content (AvgIpc) is 2.38. The topological polar surface area (TPSA) is 72.0 Å². The van der Waals surface area contributed by atoms with Gasteiger partial charge in [-0.3, -0.25) is 0 Å². The highest BCUT2D eigenvalue weighted by atomic mass is 32.2. The molecule has 0 fully saturated rings. The van der Waals surface area contributed by atoms with E-state index in [0.29, 0.717) is 17.9 Å². The Morgan fingerprint density at radius 2 is 1.62 bits per heavy atom. The summed E-state index contributed by atoms with van der Waals surface area (Å²) in [5.41, 5.74) is 3.49. The van der Waals surface area contributed by atoms with Crippen LogP contribution in [0.15, 0.2) is 35.7 Å². The van der Waals surface area contributed by atoms with Crippen LogP contribution in [-0.2, 0) is 16.4 Å². The molecule has 112 valence electrons. The Labute approximate surface area is 125 Å². The normalized spacial score (nSPS) is 11.6. The highest BCUT2D eigenvalue weighted by Gasteiger charge is 2.19. The van der Waals surface area contributed by atoms with Gasteiger partial charge in [0.05, 0.1) is 4.90 Å². The number of nitrogens with one attached hydrogen (secondary N) is 1. The van der Waals surface area contributed by atoms with E-state index in [1.54, 1.807) is 12.4 Å². The summed E-state index contributed by atoms with van der Waals surface area (Å²) in [5.74, 6) is 0. The SMILES string of the molecule is Cc1cc(C)c(S(=O)(=O)NCCc2cncnc2)c(C)c1. The summed E-state index contributed by atoms with van der Waals surface area (Å²) in [6.45, 7) is 5.92. The zero-order chi connectivity index (χ0) is 15.5. The highest BCUT2D eigenvalue weighted by Crippen LogP contribution is 2.21. The Morgan fingerprint density at radius 3 is 2.19 bits per heavy atom. The van der Waals surface area contributed by atoms with Gasteiger partial charge in [-0.1, -0.05) is 17.7 Å². The molecule has 0 saturated heterocycles. The van der Waals surface area contributed by atoms with Gasteiger partial charge in [-0.2, -0.15) is 0 Å². The van der Waals surface area contributed by atoms with E-state index in [9.17, 15) is 8.42 Å². The van der Waals surface area contributed by atoms with E-state index in [0.717, 1.165) is 22.3 Å². The van der Waals surface area contributed by atoms with Crippen LogP contribution in [-0.4, -0.2) is 24.9 Å². The monoisotopic (exact) mass is 305 g/mol. The first-order chi connectivity index (χ1) is 9.90. The van der Waals surface area contributed by atoms with E-state index in [1.807, 2.05) is 32.9 Å². The van der Waals surface area contributed by atoms with Crippen molar-refractivity contribution in [3.63, 3.8) is 0 Å². The van der Waals surface area contributed by atoms with Crippen LogP contribution in [0.25, 0.3) is 0 Å². The van der Waals surface area contributed by atoms with Crippen molar-refractivity contribution >= 4 is 10.0 Å². The van der Waals surface area contributed by atoms with Crippen molar-refractivity contribution in [2.75, 3.05) is 6.54 Å². The van der Waals surface area contributed by atoms with E-state index >= 15 is 0 Å². The van der Waals surface area contributed by atoms with Gasteiger partial charge in [-0.25, -0.2) is 23.1 Å². The van der Waals surface area contributed by atoms with E-state index in [-0.39, 0.29) is 0 Å². The number of rotatable bonds is 5. The lowest BCUT2D eigenvalue weighted by atomic mass is 10.1. The van der Waals surface area contributed by atoms with Crippen LogP contribution < -0.4 is 4.72 Å². The molecule has 0 atom stereocenters. The standard InChI is InChI=1S/C15H19N3O2S/c1-11-6-12(2)15(13(3)7-11)21(19,20)18-5-4-14-8-16-10-17-9-14/h6-10,18H,4-5H2,1-3H3. The van der Waals surface area contributed by atoms with Gasteiger partial charge in [0.1, 0.15) is 6.33 Å². The number of aromatic nitrogens is 2. The lowest BCUT2D eigenvalue weighted by Crippen LogP contribution is -2.27. The molecule has 0 bridgehead atoms. The quantitative estimate of drug-likeness (QED) is 0.916. The first-order valence-corrected chi connectivity index (χ1v) is 8.20. The van der Waals surface area contributed by atoms with E-state index in [2.05, 4.69) is 14.7 Å². The van der Waals surface area contributed by atoms with Crippen molar-refractivity contribution in [3.05, 3.63) is 53.1 Å². The van der Waals surface area contributed by atoms with Crippen LogP contribution in [0, 0.1) is 20.8 Å². The van der Waals surface area contributed by atoms with Gasteiger partial charge in [0.15, 0.2) is 0 Å². The molecule has 0 radical (unpaired) electrons. The molecule has 0 aliphatic carbocycles. The molecule has 2 aromatic rings. The molecule has 1 aromatic heterocycles. The predicted molar refractivity (Wildman–Crippen MR) is 81.6 cm³/mol. The zero-order valence-electron chi connectivity index (χ0n) is 12.4. The molecule has 0 saturated carbocycles. The third kappa shape index (κ3) is 3.86. The molecule has 2 rings (SSSR count). The van der Waals surface area contributed by atoms with Gasteiger partial charge in [0.25, 0.3) is 0 Å². The van der Waals surface area contributed by atoms with Crippen molar-refractivity contribution in [3.8, 4) is 0 Å². The second kappa shape index (κ2) is 6.32. The van der Waals surface area contributed by atoms with Crippen molar-refractivity contribution in [2.24, 2.45) is 0 Å². The predicted octanol–water partition coefficient (Wildman–Crippen LogP) is 1.92. The van der Waals surface area contributed by atoms with Crippen molar-refractivity contribution in [1.82, 2.24) is 14.7 Å². The molecule has 0 aliphatic heterocycles. The Morgan fingerprint density at radius 1 is 1.05 bits per heavy atom. The molecule has 0 unspecified atom stereocenters. The number of hydrogen-bond acceptors (Lipinski definition) is 4. The molecular formula is C15H19N3O2S. The molecular weight excluding hydrogens is 286 g/mol. The van der Waals surface area contributed by atoms with Crippen LogP contribution in [0.3, 0.4) is 0 Å². The number of hydrogen-bond donors (Lipinski definition) is 1. The highest BCUT2D eigenvalue weighted by molar-refractivity contribution is 7.89. The van der Waals surface area contributed by atoms with Crippen LogP contribution in [0.4, 0.5) is 0 Å². The Kier molecular flexibility index (Phi) is 4.69. The second-order valence-electron chi connectivity index (χ2n) is 5.12. The summed E-state index contributed by atoms with van der Waals surface area (Å²) in [6.07, 6.45) is 5.38. The molecule has 21 heavy (non-hydrogen) atoms. The molecule has 1 heterocycles. The molecule has 6 heteroatoms. The fraction of sp³-hybridized carbons (Fsp3) is 0.333. The van der Waals surface area contributed by atoms with Crippen molar-refractivity contribution < 1.29 is 8.42 Å². The number of sulfonamides is 1. The maximum absolute atomic E-state index is 12.4. The lowest BCUT2D eigenvalue weighted by Gasteiger charge is -2.13. The summed E-state index contributed by atoms with van der Waals surface area (Å²) in [5, 5.41) is 0. The minimum atomic E-state index is -3.50. The van der Waals surface area contributed by atoms with Crippen LogP contribution in [0.1, 0.15) is 22.3 Å². The smallest absolute Gasteiger partial charge is 0.241 e. The zero-order valence-corrected chi connectivity index (χ0v) is 13.2. The molecule has 5 nitrogen and oxygen atoms in total. The van der Waals surface area contributed by atoms with Crippen LogP contribution in [0.2, 0.25) is 0 Å². The largest absolute Gasteiger partial charge is 0.245 e. The Hall–Kier alpha value is -1.79. The maximum atomic E-state index is 12.4. The van der Waals surface area contributed by atoms with Crippen molar-refractivity contribution in [1.29, 1.82) is 0 Å². The minimum absolute atomic E-state index is 0.322. The van der Waals surface area contributed by atoms with Crippen LogP contribution >= 0.6 is 0 Å². The second-order valence-corrected chi connectivity index (χ2v) is 6.83. The number of aryl methyl sites for hydroxylation is 3. The van der Waals surface area contributed by atoms with E-state index in [1.165, 1.54) is 6.33 Å². The molecule has 0 spiro atoms. The molecule has 1 aromatic carbocycles. The summed E-state index contributed by atoms with van der Waals surface area (Å²) in [7, 11) is -3.50. The third-order valence-electron chi connectivity index (χ3n) is 3.19. The lowest BCUT2D eigenvalue weighted by molar-refractivity contribution is 0.580. The van der Waals surface area contributed by atoms with E-state index in [4.69, 9.17) is 0 Å². The first-order valence-electron chi connectivity index (χ1n) is 6.71. The summed E-state index contributed by atoms with van der Waals surface area (Å²) in [4.78, 5) is 8.19. The fourth-order valence-electron chi connectivity index (χ4n) is 2.45. The van der Waals surface area contributed by atoms with Gasteiger partial charge in [0.2, 0.25) is 10.0 Å². The minimum Gasteiger partial charge on any atom is -0.245 e. The average molecular weight is 305 g/mol. The van der Waals surface area contributed by atoms with Gasteiger partial charge in [0, 0.05) is 18.9 Å². The summed E-state index contributed by atoms with van der Waals surface area (Å²) in [6, 6.07) is 3.76.